The van der Waals surface area contributed by atoms with Gasteiger partial charge in [0, 0.05) is 27.7 Å². The number of rotatable bonds is 2. The van der Waals surface area contributed by atoms with Crippen molar-refractivity contribution in [2.24, 2.45) is 0 Å². The molecule has 0 fully saturated rings. The molecule has 1 N–H and O–H groups in total. The zero-order valence-corrected chi connectivity index (χ0v) is 11.5. The van der Waals surface area contributed by atoms with Gasteiger partial charge in [-0.1, -0.05) is 23.7 Å². The SMILES string of the molecule is Cc1cccc2[nH]cc(C(=O)c3ccc(Cl)cc3F)c12. The minimum absolute atomic E-state index is 0.0264. The van der Waals surface area contributed by atoms with Crippen LogP contribution in [0, 0.1) is 12.7 Å². The van der Waals surface area contributed by atoms with Crippen molar-refractivity contribution in [1.29, 1.82) is 0 Å². The van der Waals surface area contributed by atoms with E-state index < -0.39 is 5.82 Å². The molecule has 0 spiro atoms. The molecule has 2 nitrogen and oxygen atoms in total. The fourth-order valence-electron chi connectivity index (χ4n) is 2.37. The monoisotopic (exact) mass is 287 g/mol. The van der Waals surface area contributed by atoms with E-state index >= 15 is 0 Å². The molecule has 1 heterocycles. The second kappa shape index (κ2) is 4.76. The van der Waals surface area contributed by atoms with Gasteiger partial charge < -0.3 is 4.98 Å². The molecule has 0 saturated heterocycles. The van der Waals surface area contributed by atoms with Gasteiger partial charge in [0.25, 0.3) is 0 Å². The fourth-order valence-corrected chi connectivity index (χ4v) is 2.52. The van der Waals surface area contributed by atoms with Crippen LogP contribution < -0.4 is 0 Å². The number of carbonyl (C=O) groups is 1. The van der Waals surface area contributed by atoms with Crippen LogP contribution in [-0.4, -0.2) is 10.8 Å². The van der Waals surface area contributed by atoms with Crippen molar-refractivity contribution >= 4 is 28.3 Å². The average Bonchev–Trinajstić information content (AvgIpc) is 2.83. The molecular formula is C16H11ClFNO. The molecule has 3 aromatic rings. The van der Waals surface area contributed by atoms with Crippen molar-refractivity contribution in [2.45, 2.75) is 6.92 Å². The molecule has 0 amide bonds. The average molecular weight is 288 g/mol. The number of fused-ring (bicyclic) bond motifs is 1. The van der Waals surface area contributed by atoms with E-state index in [0.29, 0.717) is 5.56 Å². The molecule has 0 aliphatic rings. The lowest BCUT2D eigenvalue weighted by Gasteiger charge is -2.04. The molecule has 0 radical (unpaired) electrons. The van der Waals surface area contributed by atoms with Crippen LogP contribution in [0.1, 0.15) is 21.5 Å². The lowest BCUT2D eigenvalue weighted by Crippen LogP contribution is -2.04. The van der Waals surface area contributed by atoms with E-state index in [1.165, 1.54) is 12.1 Å². The highest BCUT2D eigenvalue weighted by Gasteiger charge is 2.18. The van der Waals surface area contributed by atoms with Gasteiger partial charge in [0.1, 0.15) is 5.82 Å². The maximum absolute atomic E-state index is 13.9. The van der Waals surface area contributed by atoms with Crippen molar-refractivity contribution in [3.05, 3.63) is 70.1 Å². The molecule has 20 heavy (non-hydrogen) atoms. The van der Waals surface area contributed by atoms with Crippen molar-refractivity contribution in [1.82, 2.24) is 4.98 Å². The summed E-state index contributed by atoms with van der Waals surface area (Å²) in [5.74, 6) is -0.954. The number of hydrogen-bond donors (Lipinski definition) is 1. The van der Waals surface area contributed by atoms with E-state index in [2.05, 4.69) is 4.98 Å². The van der Waals surface area contributed by atoms with Crippen LogP contribution in [0.2, 0.25) is 5.02 Å². The first-order chi connectivity index (χ1) is 9.58. The van der Waals surface area contributed by atoms with Gasteiger partial charge in [0.05, 0.1) is 5.56 Å². The van der Waals surface area contributed by atoms with E-state index in [1.54, 1.807) is 6.20 Å². The maximum Gasteiger partial charge on any atom is 0.198 e. The molecule has 3 rings (SSSR count). The van der Waals surface area contributed by atoms with Crippen LogP contribution in [0.3, 0.4) is 0 Å². The van der Waals surface area contributed by atoms with Crippen molar-refractivity contribution in [3.63, 3.8) is 0 Å². The highest BCUT2D eigenvalue weighted by molar-refractivity contribution is 6.30. The van der Waals surface area contributed by atoms with Gasteiger partial charge in [-0.3, -0.25) is 4.79 Å². The Labute approximate surface area is 120 Å². The second-order valence-corrected chi connectivity index (χ2v) is 5.09. The third-order valence-corrected chi connectivity index (χ3v) is 3.57. The molecule has 0 aliphatic carbocycles. The summed E-state index contributed by atoms with van der Waals surface area (Å²) >= 11 is 5.71. The maximum atomic E-state index is 13.9. The first kappa shape index (κ1) is 12.9. The first-order valence-electron chi connectivity index (χ1n) is 6.14. The summed E-state index contributed by atoms with van der Waals surface area (Å²) in [6.07, 6.45) is 1.62. The lowest BCUT2D eigenvalue weighted by molar-refractivity contribution is 0.103. The van der Waals surface area contributed by atoms with Crippen molar-refractivity contribution in [3.8, 4) is 0 Å². The number of nitrogens with one attached hydrogen (secondary N) is 1. The quantitative estimate of drug-likeness (QED) is 0.692. The summed E-state index contributed by atoms with van der Waals surface area (Å²) in [5, 5.41) is 1.10. The van der Waals surface area contributed by atoms with Gasteiger partial charge in [-0.2, -0.15) is 0 Å². The van der Waals surface area contributed by atoms with Crippen LogP contribution in [0.4, 0.5) is 4.39 Å². The van der Waals surface area contributed by atoms with Gasteiger partial charge in [0.2, 0.25) is 0 Å². The van der Waals surface area contributed by atoms with Crippen LogP contribution >= 0.6 is 11.6 Å². The number of halogens is 2. The van der Waals surface area contributed by atoms with Crippen molar-refractivity contribution < 1.29 is 9.18 Å². The zero-order chi connectivity index (χ0) is 14.3. The fraction of sp³-hybridized carbons (Fsp3) is 0.0625. The number of ketones is 1. The summed E-state index contributed by atoms with van der Waals surface area (Å²) in [7, 11) is 0. The summed E-state index contributed by atoms with van der Waals surface area (Å²) < 4.78 is 13.9. The smallest absolute Gasteiger partial charge is 0.198 e. The molecule has 4 heteroatoms. The molecule has 0 atom stereocenters. The number of aromatic amines is 1. The number of carbonyl (C=O) groups excluding carboxylic acids is 1. The second-order valence-electron chi connectivity index (χ2n) is 4.65. The minimum Gasteiger partial charge on any atom is -0.360 e. The van der Waals surface area contributed by atoms with Crippen LogP contribution in [0.5, 0.6) is 0 Å². The molecular weight excluding hydrogens is 277 g/mol. The largest absolute Gasteiger partial charge is 0.360 e. The zero-order valence-electron chi connectivity index (χ0n) is 10.7. The molecule has 0 unspecified atom stereocenters. The van der Waals surface area contributed by atoms with Crippen LogP contribution in [0.25, 0.3) is 10.9 Å². The van der Waals surface area contributed by atoms with Crippen LogP contribution in [0.15, 0.2) is 42.6 Å². The van der Waals surface area contributed by atoms with E-state index in [4.69, 9.17) is 11.6 Å². The number of benzene rings is 2. The van der Waals surface area contributed by atoms with Crippen molar-refractivity contribution in [2.75, 3.05) is 0 Å². The third-order valence-electron chi connectivity index (χ3n) is 3.33. The summed E-state index contributed by atoms with van der Waals surface area (Å²) in [4.78, 5) is 15.5. The normalized spacial score (nSPS) is 10.9. The Bertz CT molecular complexity index is 822. The predicted molar refractivity (Wildman–Crippen MR) is 77.9 cm³/mol. The van der Waals surface area contributed by atoms with Gasteiger partial charge in [-0.25, -0.2) is 4.39 Å². The van der Waals surface area contributed by atoms with E-state index in [0.717, 1.165) is 22.5 Å². The number of H-pyrrole nitrogens is 1. The summed E-state index contributed by atoms with van der Waals surface area (Å²) in [6, 6.07) is 9.79. The van der Waals surface area contributed by atoms with Crippen LogP contribution in [-0.2, 0) is 0 Å². The van der Waals surface area contributed by atoms with Gasteiger partial charge in [-0.05, 0) is 36.8 Å². The Hall–Kier alpha value is -2.13. The highest BCUT2D eigenvalue weighted by atomic mass is 35.5. The Morgan fingerprint density at radius 2 is 2.00 bits per heavy atom. The molecule has 0 aliphatic heterocycles. The first-order valence-corrected chi connectivity index (χ1v) is 6.52. The lowest BCUT2D eigenvalue weighted by atomic mass is 10.00. The third kappa shape index (κ3) is 2.00. The molecule has 100 valence electrons. The number of aryl methyl sites for hydroxylation is 1. The minimum atomic E-state index is -0.606. The van der Waals surface area contributed by atoms with E-state index in [9.17, 15) is 9.18 Å². The topological polar surface area (TPSA) is 32.9 Å². The van der Waals surface area contributed by atoms with Gasteiger partial charge >= 0.3 is 0 Å². The van der Waals surface area contributed by atoms with Gasteiger partial charge in [-0.15, -0.1) is 0 Å². The van der Waals surface area contributed by atoms with E-state index in [-0.39, 0.29) is 16.4 Å². The molecule has 0 saturated carbocycles. The Morgan fingerprint density at radius 1 is 1.20 bits per heavy atom. The molecule has 2 aromatic carbocycles. The number of hydrogen-bond acceptors (Lipinski definition) is 1. The predicted octanol–water partition coefficient (Wildman–Crippen LogP) is 4.50. The van der Waals surface area contributed by atoms with Gasteiger partial charge in [0.15, 0.2) is 5.78 Å². The standard InChI is InChI=1S/C16H11ClFNO/c1-9-3-2-4-14-15(9)12(8-19-14)16(20)11-6-5-10(17)7-13(11)18/h2-8,19H,1H3. The summed E-state index contributed by atoms with van der Waals surface area (Å²) in [5.41, 5.74) is 2.34. The Kier molecular flexibility index (Phi) is 3.07. The highest BCUT2D eigenvalue weighted by Crippen LogP contribution is 2.26. The Morgan fingerprint density at radius 3 is 2.75 bits per heavy atom. The number of aromatic nitrogens is 1. The molecule has 1 aromatic heterocycles. The van der Waals surface area contributed by atoms with E-state index in [1.807, 2.05) is 25.1 Å². The summed E-state index contributed by atoms with van der Waals surface area (Å²) in [6.45, 7) is 1.92. The molecule has 0 bridgehead atoms. The Balaban J connectivity index is 2.18.